The van der Waals surface area contributed by atoms with Gasteiger partial charge in [-0.05, 0) is 31.2 Å². The summed E-state index contributed by atoms with van der Waals surface area (Å²) in [5.41, 5.74) is 1.53. The molecule has 0 radical (unpaired) electrons. The van der Waals surface area contributed by atoms with E-state index in [1.807, 2.05) is 24.3 Å². The highest BCUT2D eigenvalue weighted by Gasteiger charge is 2.10. The molecule has 5 heteroatoms. The lowest BCUT2D eigenvalue weighted by Crippen LogP contribution is -2.04. The van der Waals surface area contributed by atoms with Crippen molar-refractivity contribution in [3.05, 3.63) is 57.9 Å². The molecular formula is C16H14N2O2S. The molecule has 0 unspecified atom stereocenters. The van der Waals surface area contributed by atoms with Crippen LogP contribution in [0.4, 0.5) is 5.69 Å². The summed E-state index contributed by atoms with van der Waals surface area (Å²) in [6.45, 7) is 2.74. The van der Waals surface area contributed by atoms with Gasteiger partial charge in [0.1, 0.15) is 0 Å². The summed E-state index contributed by atoms with van der Waals surface area (Å²) in [7, 11) is 0. The first-order valence-electron chi connectivity index (χ1n) is 6.56. The van der Waals surface area contributed by atoms with E-state index in [9.17, 15) is 4.79 Å². The van der Waals surface area contributed by atoms with Gasteiger partial charge in [-0.25, -0.2) is 9.78 Å². The number of pyridine rings is 1. The maximum absolute atomic E-state index is 11.2. The van der Waals surface area contributed by atoms with Crippen molar-refractivity contribution >= 4 is 33.9 Å². The van der Waals surface area contributed by atoms with Crippen molar-refractivity contribution in [3.8, 4) is 0 Å². The molecule has 2 N–H and O–H groups in total. The molecule has 0 fully saturated rings. The first kappa shape index (κ1) is 13.6. The number of thiophene rings is 1. The fourth-order valence-electron chi connectivity index (χ4n) is 2.19. The van der Waals surface area contributed by atoms with E-state index in [-0.39, 0.29) is 5.69 Å². The smallest absolute Gasteiger partial charge is 0.354 e. The standard InChI is InChI=1S/C16H14N2O2S/c1-10-6-7-11(21-10)9-17-14-8-15(16(19)20)18-13-5-3-2-4-12(13)14/h2-8H,9H2,1H3,(H,17,18)(H,19,20). The topological polar surface area (TPSA) is 62.2 Å². The van der Waals surface area contributed by atoms with Gasteiger partial charge in [0.15, 0.2) is 5.69 Å². The molecule has 0 saturated carbocycles. The fraction of sp³-hybridized carbons (Fsp3) is 0.125. The van der Waals surface area contributed by atoms with Gasteiger partial charge in [0, 0.05) is 27.4 Å². The maximum Gasteiger partial charge on any atom is 0.354 e. The van der Waals surface area contributed by atoms with E-state index in [0.29, 0.717) is 12.1 Å². The highest BCUT2D eigenvalue weighted by molar-refractivity contribution is 7.11. The third-order valence-electron chi connectivity index (χ3n) is 3.18. The van der Waals surface area contributed by atoms with Crippen LogP contribution in [0, 0.1) is 6.92 Å². The highest BCUT2D eigenvalue weighted by atomic mass is 32.1. The van der Waals surface area contributed by atoms with E-state index in [2.05, 4.69) is 29.4 Å². The van der Waals surface area contributed by atoms with E-state index in [0.717, 1.165) is 11.1 Å². The minimum Gasteiger partial charge on any atom is -0.477 e. The zero-order valence-electron chi connectivity index (χ0n) is 11.5. The molecule has 21 heavy (non-hydrogen) atoms. The number of rotatable bonds is 4. The molecular weight excluding hydrogens is 284 g/mol. The second kappa shape index (κ2) is 5.54. The van der Waals surface area contributed by atoms with Crippen LogP contribution in [0.15, 0.2) is 42.5 Å². The summed E-state index contributed by atoms with van der Waals surface area (Å²) < 4.78 is 0. The first-order chi connectivity index (χ1) is 10.1. The normalized spacial score (nSPS) is 10.7. The summed E-state index contributed by atoms with van der Waals surface area (Å²) in [6, 6.07) is 13.3. The van der Waals surface area contributed by atoms with Crippen LogP contribution in [-0.4, -0.2) is 16.1 Å². The number of nitrogens with one attached hydrogen (secondary N) is 1. The fourth-order valence-corrected chi connectivity index (χ4v) is 3.02. The largest absolute Gasteiger partial charge is 0.477 e. The van der Waals surface area contributed by atoms with E-state index >= 15 is 0 Å². The van der Waals surface area contributed by atoms with Gasteiger partial charge in [-0.15, -0.1) is 11.3 Å². The van der Waals surface area contributed by atoms with Crippen LogP contribution in [0.2, 0.25) is 0 Å². The van der Waals surface area contributed by atoms with Crippen molar-refractivity contribution < 1.29 is 9.90 Å². The molecule has 2 aromatic heterocycles. The second-order valence-electron chi connectivity index (χ2n) is 4.74. The highest BCUT2D eigenvalue weighted by Crippen LogP contribution is 2.25. The molecule has 3 aromatic rings. The van der Waals surface area contributed by atoms with E-state index in [1.165, 1.54) is 9.75 Å². The maximum atomic E-state index is 11.2. The lowest BCUT2D eigenvalue weighted by atomic mass is 10.1. The van der Waals surface area contributed by atoms with Crippen molar-refractivity contribution in [1.29, 1.82) is 0 Å². The Bertz CT molecular complexity index is 811. The zero-order valence-corrected chi connectivity index (χ0v) is 12.3. The monoisotopic (exact) mass is 298 g/mol. The van der Waals surface area contributed by atoms with Crippen LogP contribution < -0.4 is 5.32 Å². The molecule has 2 heterocycles. The Labute approximate surface area is 126 Å². The minimum absolute atomic E-state index is 0.0542. The van der Waals surface area contributed by atoms with Gasteiger partial charge >= 0.3 is 5.97 Å². The SMILES string of the molecule is Cc1ccc(CNc2cc(C(=O)O)nc3ccccc23)s1. The lowest BCUT2D eigenvalue weighted by molar-refractivity contribution is 0.0691. The number of aromatic nitrogens is 1. The summed E-state index contributed by atoms with van der Waals surface area (Å²) in [6.07, 6.45) is 0. The number of carboxylic acid groups (broad SMARTS) is 1. The molecule has 106 valence electrons. The molecule has 0 aliphatic carbocycles. The number of carboxylic acids is 1. The van der Waals surface area contributed by atoms with Crippen molar-refractivity contribution in [2.45, 2.75) is 13.5 Å². The number of aryl methyl sites for hydroxylation is 1. The average molecular weight is 298 g/mol. The van der Waals surface area contributed by atoms with Crippen LogP contribution in [-0.2, 0) is 6.54 Å². The van der Waals surface area contributed by atoms with Crippen molar-refractivity contribution in [1.82, 2.24) is 4.98 Å². The Hall–Kier alpha value is -2.40. The predicted octanol–water partition coefficient (Wildman–Crippen LogP) is 3.92. The van der Waals surface area contributed by atoms with Crippen molar-refractivity contribution in [2.75, 3.05) is 5.32 Å². The van der Waals surface area contributed by atoms with Gasteiger partial charge in [0.25, 0.3) is 0 Å². The molecule has 0 atom stereocenters. The van der Waals surface area contributed by atoms with Crippen LogP contribution in [0.25, 0.3) is 10.9 Å². The van der Waals surface area contributed by atoms with E-state index in [4.69, 9.17) is 5.11 Å². The van der Waals surface area contributed by atoms with Gasteiger partial charge in [0.05, 0.1) is 5.52 Å². The average Bonchev–Trinajstić information content (AvgIpc) is 2.90. The number of hydrogen-bond donors (Lipinski definition) is 2. The Balaban J connectivity index is 1.97. The first-order valence-corrected chi connectivity index (χ1v) is 7.37. The Morgan fingerprint density at radius 2 is 2.10 bits per heavy atom. The lowest BCUT2D eigenvalue weighted by Gasteiger charge is -2.10. The Kier molecular flexibility index (Phi) is 3.58. The number of aromatic carboxylic acids is 1. The third kappa shape index (κ3) is 2.87. The van der Waals surface area contributed by atoms with Crippen LogP contribution in [0.5, 0.6) is 0 Å². The van der Waals surface area contributed by atoms with Gasteiger partial charge in [-0.3, -0.25) is 0 Å². The zero-order chi connectivity index (χ0) is 14.8. The minimum atomic E-state index is -1.02. The van der Waals surface area contributed by atoms with E-state index < -0.39 is 5.97 Å². The molecule has 3 rings (SSSR count). The molecule has 0 aliphatic heterocycles. The molecule has 0 saturated heterocycles. The number of hydrogen-bond acceptors (Lipinski definition) is 4. The van der Waals surface area contributed by atoms with Gasteiger partial charge in [0.2, 0.25) is 0 Å². The molecule has 0 spiro atoms. The quantitative estimate of drug-likeness (QED) is 0.766. The van der Waals surface area contributed by atoms with Crippen LogP contribution >= 0.6 is 11.3 Å². The number of fused-ring (bicyclic) bond motifs is 1. The van der Waals surface area contributed by atoms with Gasteiger partial charge in [-0.2, -0.15) is 0 Å². The van der Waals surface area contributed by atoms with Crippen LogP contribution in [0.1, 0.15) is 20.2 Å². The molecule has 0 aliphatic rings. The Morgan fingerprint density at radius 3 is 2.81 bits per heavy atom. The number of nitrogens with zero attached hydrogens (tertiary/aromatic N) is 1. The molecule has 0 bridgehead atoms. The predicted molar refractivity (Wildman–Crippen MR) is 85.1 cm³/mol. The van der Waals surface area contributed by atoms with Gasteiger partial charge in [-0.1, -0.05) is 18.2 Å². The molecule has 0 amide bonds. The summed E-state index contributed by atoms with van der Waals surface area (Å²) in [5, 5.41) is 13.4. The number of para-hydroxylation sites is 1. The number of benzene rings is 1. The van der Waals surface area contributed by atoms with E-state index in [1.54, 1.807) is 17.4 Å². The van der Waals surface area contributed by atoms with Crippen LogP contribution in [0.3, 0.4) is 0 Å². The summed E-state index contributed by atoms with van der Waals surface area (Å²) in [5.74, 6) is -1.02. The number of anilines is 1. The summed E-state index contributed by atoms with van der Waals surface area (Å²) in [4.78, 5) is 17.8. The molecule has 1 aromatic carbocycles. The van der Waals surface area contributed by atoms with Crippen molar-refractivity contribution in [3.63, 3.8) is 0 Å². The van der Waals surface area contributed by atoms with Crippen molar-refractivity contribution in [2.24, 2.45) is 0 Å². The van der Waals surface area contributed by atoms with Gasteiger partial charge < -0.3 is 10.4 Å². The Morgan fingerprint density at radius 1 is 1.29 bits per heavy atom. The molecule has 4 nitrogen and oxygen atoms in total. The summed E-state index contributed by atoms with van der Waals surface area (Å²) >= 11 is 1.73. The third-order valence-corrected chi connectivity index (χ3v) is 4.19. The number of carbonyl (C=O) groups is 1. The second-order valence-corrected chi connectivity index (χ2v) is 6.12.